The fourth-order valence-electron chi connectivity index (χ4n) is 3.48. The van der Waals surface area contributed by atoms with Gasteiger partial charge in [-0.15, -0.1) is 0 Å². The van der Waals surface area contributed by atoms with Crippen LogP contribution in [-0.2, 0) is 11.5 Å². The van der Waals surface area contributed by atoms with Gasteiger partial charge in [0.05, 0.1) is 13.1 Å². The average Bonchev–Trinajstić information content (AvgIpc) is 2.57. The highest BCUT2D eigenvalue weighted by Gasteiger charge is 2.44. The lowest BCUT2D eigenvalue weighted by Gasteiger charge is -2.48. The molecule has 3 aliphatic rings. The number of oxime groups is 2. The quantitative estimate of drug-likeness (QED) is 0.0946. The third kappa shape index (κ3) is 4.76. The molecule has 9 heteroatoms. The first kappa shape index (κ1) is 21.5. The van der Waals surface area contributed by atoms with Crippen LogP contribution in [0.25, 0.3) is 0 Å². The summed E-state index contributed by atoms with van der Waals surface area (Å²) in [7, 11) is 0. The Morgan fingerprint density at radius 1 is 1.25 bits per heavy atom. The van der Waals surface area contributed by atoms with Gasteiger partial charge in [-0.05, 0) is 6.07 Å². The normalized spacial score (nSPS) is 27.0. The van der Waals surface area contributed by atoms with Gasteiger partial charge in [0, 0.05) is 30.9 Å². The number of ether oxygens (including phenoxy) is 1. The Balaban J connectivity index is 0.00000144. The van der Waals surface area contributed by atoms with Gasteiger partial charge >= 0.3 is 0 Å². The largest absolute Gasteiger partial charge is 1.00 e. The van der Waals surface area contributed by atoms with E-state index in [1.165, 1.54) is 6.21 Å². The van der Waals surface area contributed by atoms with E-state index in [0.717, 1.165) is 48.4 Å². The number of hydrogen-bond donors (Lipinski definition) is 2. The number of halogens is 2. The zero-order chi connectivity index (χ0) is 15.4. The number of fused-ring (bicyclic) bond motifs is 3. The summed E-state index contributed by atoms with van der Waals surface area (Å²) in [5.41, 5.74) is 1.70. The molecule has 3 fully saturated rings. The van der Waals surface area contributed by atoms with E-state index < -0.39 is 0 Å². The second kappa shape index (κ2) is 9.82. The van der Waals surface area contributed by atoms with Gasteiger partial charge in [0.15, 0.2) is 12.9 Å². The van der Waals surface area contributed by atoms with E-state index in [1.54, 1.807) is 0 Å². The van der Waals surface area contributed by atoms with Crippen LogP contribution >= 0.6 is 0 Å². The van der Waals surface area contributed by atoms with Crippen LogP contribution in [0, 0.1) is 5.92 Å². The summed E-state index contributed by atoms with van der Waals surface area (Å²) in [5, 5.41) is 24.4. The topological polar surface area (TPSA) is 78.3 Å². The molecule has 134 valence electrons. The predicted octanol–water partition coefficient (Wildman–Crippen LogP) is -5.21. The lowest BCUT2D eigenvalue weighted by molar-refractivity contribution is -0.954. The highest BCUT2D eigenvalue weighted by atomic mass is 127. The Morgan fingerprint density at radius 3 is 2.67 bits per heavy atom. The number of quaternary nitrogens is 1. The van der Waals surface area contributed by atoms with Crippen molar-refractivity contribution in [1.82, 2.24) is 0 Å². The molecule has 0 spiro atoms. The van der Waals surface area contributed by atoms with Crippen LogP contribution < -0.4 is 52.5 Å². The lowest BCUT2D eigenvalue weighted by Crippen LogP contribution is -3.00. The summed E-state index contributed by atoms with van der Waals surface area (Å²) < 4.78 is 8.64. The molecular formula is C15H22I2N4O3. The molecule has 4 rings (SSSR count). The van der Waals surface area contributed by atoms with Gasteiger partial charge in [0.1, 0.15) is 18.5 Å². The van der Waals surface area contributed by atoms with E-state index in [-0.39, 0.29) is 48.0 Å². The molecule has 1 aromatic rings. The zero-order valence-corrected chi connectivity index (χ0v) is 17.6. The highest BCUT2D eigenvalue weighted by Crippen LogP contribution is 2.31. The highest BCUT2D eigenvalue weighted by molar-refractivity contribution is 5.88. The van der Waals surface area contributed by atoms with E-state index >= 15 is 0 Å². The molecular weight excluding hydrogens is 538 g/mol. The van der Waals surface area contributed by atoms with Gasteiger partial charge in [-0.2, -0.15) is 4.57 Å². The fourth-order valence-corrected chi connectivity index (χ4v) is 3.48. The van der Waals surface area contributed by atoms with Crippen LogP contribution in [0.2, 0.25) is 0 Å². The summed E-state index contributed by atoms with van der Waals surface area (Å²) in [6.45, 7) is 3.94. The summed E-state index contributed by atoms with van der Waals surface area (Å²) in [4.78, 5) is 0. The Bertz CT molecular complexity index is 590. The Hall–Kier alpha value is -0.530. The second-order valence-corrected chi connectivity index (χ2v) is 6.11. The number of rotatable bonds is 5. The van der Waals surface area contributed by atoms with Crippen LogP contribution in [0.3, 0.4) is 0 Å². The molecule has 2 bridgehead atoms. The van der Waals surface area contributed by atoms with E-state index in [1.807, 2.05) is 29.0 Å². The smallest absolute Gasteiger partial charge is 0.257 e. The first-order valence-electron chi connectivity index (χ1n) is 7.56. The minimum absolute atomic E-state index is 0. The molecule has 4 heterocycles. The molecule has 0 unspecified atom stereocenters. The van der Waals surface area contributed by atoms with Gasteiger partial charge in [-0.1, -0.05) is 10.3 Å². The van der Waals surface area contributed by atoms with Crippen LogP contribution in [0.1, 0.15) is 18.5 Å². The van der Waals surface area contributed by atoms with Crippen molar-refractivity contribution in [1.29, 1.82) is 0 Å². The number of hydrogen-bond acceptors (Lipinski definition) is 5. The summed E-state index contributed by atoms with van der Waals surface area (Å²) in [6, 6.07) is 5.65. The summed E-state index contributed by atoms with van der Waals surface area (Å²) >= 11 is 0. The Morgan fingerprint density at radius 2 is 2.00 bits per heavy atom. The van der Waals surface area contributed by atoms with Gasteiger partial charge in [-0.25, -0.2) is 0 Å². The zero-order valence-electron chi connectivity index (χ0n) is 13.3. The van der Waals surface area contributed by atoms with Crippen LogP contribution in [0.4, 0.5) is 0 Å². The van der Waals surface area contributed by atoms with E-state index in [2.05, 4.69) is 10.3 Å². The maximum atomic E-state index is 9.12. The SMILES string of the molecule is ON=Cc1cccc[n+]1COC[N+]12CCC(CC1)C(=NO)C2.[I-].[I-]. The molecule has 7 nitrogen and oxygen atoms in total. The summed E-state index contributed by atoms with van der Waals surface area (Å²) in [6.07, 6.45) is 5.42. The Kier molecular flexibility index (Phi) is 8.81. The maximum absolute atomic E-state index is 9.12. The number of aromatic nitrogens is 1. The third-order valence-electron chi connectivity index (χ3n) is 4.76. The molecule has 0 amide bonds. The standard InChI is InChI=1S/C15H20N4O3.2HI/c20-16-9-14-3-1-2-6-18(14)11-22-12-19-7-4-13(5-8-19)15(10-19)17-21;;/h1-3,6,9,13H,4-5,7-8,10-12H2;2*1H. The minimum atomic E-state index is 0. The van der Waals surface area contributed by atoms with Crippen molar-refractivity contribution >= 4 is 11.9 Å². The Labute approximate surface area is 175 Å². The van der Waals surface area contributed by atoms with Gasteiger partial charge < -0.3 is 58.4 Å². The second-order valence-electron chi connectivity index (χ2n) is 6.11. The van der Waals surface area contributed by atoms with Crippen molar-refractivity contribution < 1.29 is 72.2 Å². The predicted molar refractivity (Wildman–Crippen MR) is 78.8 cm³/mol. The minimum Gasteiger partial charge on any atom is -1.00 e. The van der Waals surface area contributed by atoms with Crippen molar-refractivity contribution in [2.24, 2.45) is 16.2 Å². The van der Waals surface area contributed by atoms with E-state index in [0.29, 0.717) is 19.4 Å². The molecule has 3 aliphatic heterocycles. The molecule has 0 atom stereocenters. The molecule has 2 N–H and O–H groups in total. The average molecular weight is 560 g/mol. The first-order chi connectivity index (χ1) is 10.8. The first-order valence-corrected chi connectivity index (χ1v) is 7.56. The molecule has 0 saturated carbocycles. The van der Waals surface area contributed by atoms with Crippen molar-refractivity contribution in [3.05, 3.63) is 30.1 Å². The monoisotopic (exact) mass is 560 g/mol. The molecule has 0 radical (unpaired) electrons. The lowest BCUT2D eigenvalue weighted by atomic mass is 9.84. The third-order valence-corrected chi connectivity index (χ3v) is 4.76. The van der Waals surface area contributed by atoms with Crippen molar-refractivity contribution in [2.45, 2.75) is 19.6 Å². The molecule has 3 saturated heterocycles. The van der Waals surface area contributed by atoms with Crippen LogP contribution in [0.15, 0.2) is 34.7 Å². The van der Waals surface area contributed by atoms with Gasteiger partial charge in [-0.3, -0.25) is 9.22 Å². The van der Waals surface area contributed by atoms with Crippen molar-refractivity contribution in [3.63, 3.8) is 0 Å². The molecule has 1 aromatic heterocycles. The number of pyridine rings is 1. The van der Waals surface area contributed by atoms with Crippen molar-refractivity contribution in [3.8, 4) is 0 Å². The summed E-state index contributed by atoms with van der Waals surface area (Å²) in [5.74, 6) is 0.459. The van der Waals surface area contributed by atoms with Crippen LogP contribution in [-0.4, -0.2) is 53.2 Å². The van der Waals surface area contributed by atoms with Gasteiger partial charge in [0.2, 0.25) is 5.69 Å². The number of piperidine rings is 3. The van der Waals surface area contributed by atoms with E-state index in [9.17, 15) is 0 Å². The number of nitrogens with zero attached hydrogens (tertiary/aromatic N) is 4. The molecule has 24 heavy (non-hydrogen) atoms. The molecule has 0 aromatic carbocycles. The molecule has 0 aliphatic carbocycles. The van der Waals surface area contributed by atoms with E-state index in [4.69, 9.17) is 15.2 Å². The maximum Gasteiger partial charge on any atom is 0.257 e. The van der Waals surface area contributed by atoms with Crippen LogP contribution in [0.5, 0.6) is 0 Å². The fraction of sp³-hybridized carbons (Fsp3) is 0.533. The van der Waals surface area contributed by atoms with Crippen molar-refractivity contribution in [2.75, 3.05) is 26.4 Å². The van der Waals surface area contributed by atoms with Gasteiger partial charge in [0.25, 0.3) is 6.73 Å².